The van der Waals surface area contributed by atoms with Gasteiger partial charge >= 0.3 is 6.36 Å². The highest BCUT2D eigenvalue weighted by Crippen LogP contribution is 2.42. The Hall–Kier alpha value is -4.44. The van der Waals surface area contributed by atoms with Crippen LogP contribution in [0.4, 0.5) is 13.2 Å². The number of amides is 1. The van der Waals surface area contributed by atoms with E-state index in [-0.39, 0.29) is 17.2 Å². The first-order valence-electron chi connectivity index (χ1n) is 12.7. The number of H-pyrrole nitrogens is 1. The van der Waals surface area contributed by atoms with E-state index in [2.05, 4.69) is 15.0 Å². The molecule has 3 N–H and O–H groups in total. The van der Waals surface area contributed by atoms with Gasteiger partial charge in [0.2, 0.25) is 5.91 Å². The van der Waals surface area contributed by atoms with Gasteiger partial charge < -0.3 is 24.7 Å². The summed E-state index contributed by atoms with van der Waals surface area (Å²) >= 11 is 6.24. The van der Waals surface area contributed by atoms with Crippen LogP contribution in [0.15, 0.2) is 71.5 Å². The molecule has 212 valence electrons. The first-order chi connectivity index (χ1) is 19.4. The van der Waals surface area contributed by atoms with Gasteiger partial charge in [0.25, 0.3) is 5.56 Å². The van der Waals surface area contributed by atoms with Crippen LogP contribution in [0.3, 0.4) is 0 Å². The highest BCUT2D eigenvalue weighted by Gasteiger charge is 2.33. The molecule has 0 aliphatic carbocycles. The number of nitrogens with zero attached hydrogens (tertiary/aromatic N) is 1. The first kappa shape index (κ1) is 28.1. The lowest BCUT2D eigenvalue weighted by Crippen LogP contribution is -2.26. The van der Waals surface area contributed by atoms with E-state index >= 15 is 0 Å². The van der Waals surface area contributed by atoms with Gasteiger partial charge in [0, 0.05) is 47.5 Å². The van der Waals surface area contributed by atoms with Gasteiger partial charge in [0.15, 0.2) is 0 Å². The quantitative estimate of drug-likeness (QED) is 0.215. The van der Waals surface area contributed by atoms with Crippen molar-refractivity contribution < 1.29 is 27.8 Å². The third-order valence-corrected chi connectivity index (χ3v) is 7.22. The molecular formula is C30H25ClF3N3O4. The number of hydrogen-bond acceptors (Lipinski definition) is 4. The number of alkyl halides is 3. The molecule has 0 fully saturated rings. The lowest BCUT2D eigenvalue weighted by molar-refractivity contribution is -0.274. The molecule has 0 saturated carbocycles. The monoisotopic (exact) mass is 583 g/mol. The normalized spacial score (nSPS) is 12.5. The van der Waals surface area contributed by atoms with E-state index in [4.69, 9.17) is 11.6 Å². The largest absolute Gasteiger partial charge is 0.573 e. The average molecular weight is 584 g/mol. The number of nitrogens with one attached hydrogen (secondary N) is 2. The van der Waals surface area contributed by atoms with Crippen LogP contribution < -0.4 is 15.6 Å². The van der Waals surface area contributed by atoms with Crippen LogP contribution in [0.5, 0.6) is 11.5 Å². The van der Waals surface area contributed by atoms with Crippen molar-refractivity contribution in [2.24, 2.45) is 7.05 Å². The molecule has 2 heterocycles. The fourth-order valence-electron chi connectivity index (χ4n) is 5.23. The second-order valence-electron chi connectivity index (χ2n) is 9.63. The number of aromatic hydroxyl groups is 1. The number of ether oxygens (including phenoxy) is 1. The summed E-state index contributed by atoms with van der Waals surface area (Å²) in [4.78, 5) is 28.9. The summed E-state index contributed by atoms with van der Waals surface area (Å²) in [6.45, 7) is 1.71. The molecule has 0 bridgehead atoms. The number of para-hydroxylation sites is 1. The molecule has 2 aromatic heterocycles. The molecule has 1 amide bonds. The molecule has 0 saturated heterocycles. The molecule has 11 heteroatoms. The predicted molar refractivity (Wildman–Crippen MR) is 151 cm³/mol. The smallest absolute Gasteiger partial charge is 0.507 e. The Bertz CT molecular complexity index is 1830. The highest BCUT2D eigenvalue weighted by molar-refractivity contribution is 6.31. The molecule has 0 radical (unpaired) electrons. The van der Waals surface area contributed by atoms with Crippen molar-refractivity contribution in [2.75, 3.05) is 6.54 Å². The highest BCUT2D eigenvalue weighted by atomic mass is 35.5. The van der Waals surface area contributed by atoms with Crippen LogP contribution in [-0.2, 0) is 18.3 Å². The molecule has 5 aromatic rings. The number of hydrogen-bond donors (Lipinski definition) is 3. The van der Waals surface area contributed by atoms with Gasteiger partial charge in [0.05, 0.1) is 17.0 Å². The number of rotatable bonds is 7. The zero-order valence-electron chi connectivity index (χ0n) is 22.0. The minimum atomic E-state index is -4.87. The summed E-state index contributed by atoms with van der Waals surface area (Å²) in [6.07, 6.45) is -4.49. The zero-order valence-corrected chi connectivity index (χ0v) is 22.7. The van der Waals surface area contributed by atoms with Crippen molar-refractivity contribution in [3.63, 3.8) is 0 Å². The molecular weight excluding hydrogens is 559 g/mol. The Kier molecular flexibility index (Phi) is 7.44. The molecule has 0 spiro atoms. The Morgan fingerprint density at radius 1 is 1.10 bits per heavy atom. The predicted octanol–water partition coefficient (Wildman–Crippen LogP) is 6.14. The standard InChI is InChI=1S/C30H25ClF3N3O4/c1-16(38)35-14-13-21-20-5-3-4-6-23(20)36-27(21)25(17-7-10-19(11-8-17)41-30(32,33)34)26-28(39)22-15-18(31)9-12-24(22)37(2)29(26)40/h3-12,15,25,36,39H,13-14H2,1-2H3,(H,35,38). The number of aryl methyl sites for hydroxylation is 1. The van der Waals surface area contributed by atoms with E-state index in [9.17, 15) is 27.9 Å². The van der Waals surface area contributed by atoms with Gasteiger partial charge in [-0.1, -0.05) is 41.9 Å². The molecule has 1 unspecified atom stereocenters. The number of carbonyl (C=O) groups is 1. The lowest BCUT2D eigenvalue weighted by atomic mass is 9.85. The van der Waals surface area contributed by atoms with Crippen LogP contribution in [0, 0.1) is 0 Å². The molecule has 3 aromatic carbocycles. The number of aromatic amines is 1. The summed E-state index contributed by atoms with van der Waals surface area (Å²) < 4.78 is 44.0. The second kappa shape index (κ2) is 10.9. The van der Waals surface area contributed by atoms with Gasteiger partial charge in [-0.15, -0.1) is 13.2 Å². The first-order valence-corrected chi connectivity index (χ1v) is 13.0. The number of aromatic nitrogens is 2. The van der Waals surface area contributed by atoms with E-state index in [1.54, 1.807) is 25.2 Å². The summed E-state index contributed by atoms with van der Waals surface area (Å²) in [5.41, 5.74) is 2.49. The average Bonchev–Trinajstić information content (AvgIpc) is 3.27. The summed E-state index contributed by atoms with van der Waals surface area (Å²) in [6, 6.07) is 17.4. The maximum atomic E-state index is 13.9. The van der Waals surface area contributed by atoms with Crippen molar-refractivity contribution >= 4 is 39.3 Å². The van der Waals surface area contributed by atoms with Crippen molar-refractivity contribution in [3.8, 4) is 11.5 Å². The minimum Gasteiger partial charge on any atom is -0.507 e. The fraction of sp³-hybridized carbons (Fsp3) is 0.200. The lowest BCUT2D eigenvalue weighted by Gasteiger charge is -2.22. The van der Waals surface area contributed by atoms with Crippen molar-refractivity contribution in [2.45, 2.75) is 25.6 Å². The maximum Gasteiger partial charge on any atom is 0.573 e. The number of fused-ring (bicyclic) bond motifs is 2. The Labute approximate surface area is 237 Å². The van der Waals surface area contributed by atoms with Crippen molar-refractivity contribution in [3.05, 3.63) is 104 Å². The van der Waals surface area contributed by atoms with E-state index in [1.807, 2.05) is 24.3 Å². The van der Waals surface area contributed by atoms with Gasteiger partial charge in [-0.3, -0.25) is 9.59 Å². The third kappa shape index (κ3) is 5.60. The van der Waals surface area contributed by atoms with Crippen LogP contribution in [0.1, 0.15) is 35.2 Å². The number of benzene rings is 3. The van der Waals surface area contributed by atoms with E-state index < -0.39 is 23.6 Å². The number of carbonyl (C=O) groups excluding carboxylic acids is 1. The zero-order chi connectivity index (χ0) is 29.5. The van der Waals surface area contributed by atoms with Crippen molar-refractivity contribution in [1.29, 1.82) is 0 Å². The molecule has 7 nitrogen and oxygen atoms in total. The van der Waals surface area contributed by atoms with Crippen LogP contribution in [0.2, 0.25) is 5.02 Å². The Morgan fingerprint density at radius 3 is 2.49 bits per heavy atom. The van der Waals surface area contributed by atoms with Gasteiger partial charge in [-0.05, 0) is 53.9 Å². The van der Waals surface area contributed by atoms with Gasteiger partial charge in [-0.2, -0.15) is 0 Å². The summed E-state index contributed by atoms with van der Waals surface area (Å²) in [7, 11) is 1.57. The Balaban J connectivity index is 1.79. The van der Waals surface area contributed by atoms with E-state index in [0.29, 0.717) is 40.1 Å². The topological polar surface area (TPSA) is 96.3 Å². The van der Waals surface area contributed by atoms with Crippen LogP contribution >= 0.6 is 11.6 Å². The molecule has 5 rings (SSSR count). The summed E-state index contributed by atoms with van der Waals surface area (Å²) in [5, 5.41) is 15.9. The third-order valence-electron chi connectivity index (χ3n) is 6.99. The SMILES string of the molecule is CC(=O)NCCc1c(C(c2ccc(OC(F)(F)F)cc2)c2c(O)c3cc(Cl)ccc3n(C)c2=O)[nH]c2ccccc12. The van der Waals surface area contributed by atoms with Crippen LogP contribution in [0.25, 0.3) is 21.8 Å². The van der Waals surface area contributed by atoms with Gasteiger partial charge in [-0.25, -0.2) is 0 Å². The number of halogens is 4. The molecule has 1 atom stereocenters. The second-order valence-corrected chi connectivity index (χ2v) is 10.1. The Morgan fingerprint density at radius 2 is 1.80 bits per heavy atom. The molecule has 41 heavy (non-hydrogen) atoms. The van der Waals surface area contributed by atoms with E-state index in [0.717, 1.165) is 28.6 Å². The van der Waals surface area contributed by atoms with E-state index in [1.165, 1.54) is 23.6 Å². The minimum absolute atomic E-state index is 0.0130. The van der Waals surface area contributed by atoms with Crippen LogP contribution in [-0.4, -0.2) is 33.5 Å². The van der Waals surface area contributed by atoms with Gasteiger partial charge in [0.1, 0.15) is 11.5 Å². The number of pyridine rings is 1. The summed E-state index contributed by atoms with van der Waals surface area (Å²) in [5.74, 6) is -1.86. The molecule has 0 aliphatic heterocycles. The molecule has 0 aliphatic rings. The fourth-order valence-corrected chi connectivity index (χ4v) is 5.40. The maximum absolute atomic E-state index is 13.9. The van der Waals surface area contributed by atoms with Crippen molar-refractivity contribution in [1.82, 2.24) is 14.9 Å².